The molecule has 1 aliphatic carbocycles. The number of urea groups is 1. The lowest BCUT2D eigenvalue weighted by Gasteiger charge is -2.35. The third-order valence-electron chi connectivity index (χ3n) is 7.98. The van der Waals surface area contributed by atoms with E-state index in [1.807, 2.05) is 11.0 Å². The molecule has 2 N–H and O–H groups in total. The topological polar surface area (TPSA) is 85.5 Å². The van der Waals surface area contributed by atoms with Crippen LogP contribution < -0.4 is 5.32 Å². The molecule has 0 atom stereocenters. The Balaban J connectivity index is 1.19. The van der Waals surface area contributed by atoms with Gasteiger partial charge in [0.05, 0.1) is 0 Å². The molecule has 3 fully saturated rings. The molecule has 2 aliphatic heterocycles. The van der Waals surface area contributed by atoms with E-state index >= 15 is 0 Å². The maximum atomic E-state index is 13.1. The first-order valence-corrected chi connectivity index (χ1v) is 12.0. The highest BCUT2D eigenvalue weighted by molar-refractivity contribution is 6.09. The van der Waals surface area contributed by atoms with Crippen molar-refractivity contribution in [3.63, 3.8) is 0 Å². The van der Waals surface area contributed by atoms with Crippen molar-refractivity contribution in [2.75, 3.05) is 19.6 Å². The lowest BCUT2D eigenvalue weighted by atomic mass is 9.75. The summed E-state index contributed by atoms with van der Waals surface area (Å²) < 4.78 is 0. The fourth-order valence-corrected chi connectivity index (χ4v) is 5.84. The van der Waals surface area contributed by atoms with Crippen molar-refractivity contribution >= 4 is 28.7 Å². The van der Waals surface area contributed by atoms with Gasteiger partial charge in [-0.25, -0.2) is 4.79 Å². The number of fused-ring (bicyclic) bond motifs is 1. The second kappa shape index (κ2) is 8.26. The molecular formula is C25H32N4O3. The highest BCUT2D eigenvalue weighted by atomic mass is 16.2. The summed E-state index contributed by atoms with van der Waals surface area (Å²) >= 11 is 0. The number of nitrogens with one attached hydrogen (secondary N) is 2. The van der Waals surface area contributed by atoms with Crippen LogP contribution in [0.3, 0.4) is 0 Å². The van der Waals surface area contributed by atoms with Crippen LogP contribution in [0.15, 0.2) is 30.5 Å². The number of imide groups is 1. The van der Waals surface area contributed by atoms with Crippen LogP contribution in [0.2, 0.25) is 0 Å². The number of piperidine rings is 1. The third kappa shape index (κ3) is 3.57. The van der Waals surface area contributed by atoms with Gasteiger partial charge in [-0.15, -0.1) is 0 Å². The summed E-state index contributed by atoms with van der Waals surface area (Å²) in [6, 6.07) is 7.89. The molecule has 0 bridgehead atoms. The smallest absolute Gasteiger partial charge is 0.325 e. The number of aromatic nitrogens is 1. The standard InChI is InChI=1S/C25H32N4O3/c1-2-17-7-11-25(12-8-17)23(31)29(24(32)27-25)16-22(30)28-13-9-18(10-14-28)20-15-26-21-6-4-3-5-19(20)21/h3-6,15,17-18,26H,2,7-14,16H2,1H3,(H,27,32). The molecule has 4 amide bonds. The molecular weight excluding hydrogens is 404 g/mol. The van der Waals surface area contributed by atoms with Gasteiger partial charge in [0.1, 0.15) is 12.1 Å². The zero-order valence-electron chi connectivity index (χ0n) is 18.7. The number of H-pyrrole nitrogens is 1. The van der Waals surface area contributed by atoms with E-state index in [0.717, 1.165) is 42.5 Å². The predicted molar refractivity (Wildman–Crippen MR) is 122 cm³/mol. The lowest BCUT2D eigenvalue weighted by molar-refractivity contribution is -0.140. The zero-order chi connectivity index (χ0) is 22.3. The van der Waals surface area contributed by atoms with E-state index in [2.05, 4.69) is 41.6 Å². The maximum absolute atomic E-state index is 13.1. The van der Waals surface area contributed by atoms with Gasteiger partial charge in [-0.05, 0) is 62.0 Å². The minimum Gasteiger partial charge on any atom is -0.361 e. The highest BCUT2D eigenvalue weighted by Gasteiger charge is 2.52. The van der Waals surface area contributed by atoms with Crippen molar-refractivity contribution < 1.29 is 14.4 Å². The number of carbonyl (C=O) groups excluding carboxylic acids is 3. The van der Waals surface area contributed by atoms with Crippen LogP contribution in [0.1, 0.15) is 63.4 Å². The van der Waals surface area contributed by atoms with Gasteiger partial charge in [-0.1, -0.05) is 31.5 Å². The Hall–Kier alpha value is -2.83. The van der Waals surface area contributed by atoms with Crippen LogP contribution >= 0.6 is 0 Å². The summed E-state index contributed by atoms with van der Waals surface area (Å²) in [5.41, 5.74) is 1.67. The number of hydrogen-bond donors (Lipinski definition) is 2. The van der Waals surface area contributed by atoms with E-state index in [4.69, 9.17) is 0 Å². The Morgan fingerprint density at radius 1 is 1.09 bits per heavy atom. The Morgan fingerprint density at radius 3 is 2.53 bits per heavy atom. The van der Waals surface area contributed by atoms with Crippen molar-refractivity contribution in [2.24, 2.45) is 5.92 Å². The van der Waals surface area contributed by atoms with Crippen LogP contribution in [0.4, 0.5) is 4.79 Å². The average molecular weight is 437 g/mol. The van der Waals surface area contributed by atoms with E-state index in [9.17, 15) is 14.4 Å². The lowest BCUT2D eigenvalue weighted by Crippen LogP contribution is -2.50. The monoisotopic (exact) mass is 436 g/mol. The average Bonchev–Trinajstić information content (AvgIpc) is 3.35. The van der Waals surface area contributed by atoms with Gasteiger partial charge in [0, 0.05) is 30.2 Å². The number of amides is 4. The number of rotatable bonds is 4. The van der Waals surface area contributed by atoms with E-state index in [1.54, 1.807) is 0 Å². The van der Waals surface area contributed by atoms with Crippen molar-refractivity contribution in [1.29, 1.82) is 0 Å². The molecule has 7 heteroatoms. The summed E-state index contributed by atoms with van der Waals surface area (Å²) in [7, 11) is 0. The number of carbonyl (C=O) groups is 3. The number of nitrogens with zero attached hydrogens (tertiary/aromatic N) is 2. The Bertz CT molecular complexity index is 1030. The van der Waals surface area contributed by atoms with Crippen LogP contribution in [0.25, 0.3) is 10.9 Å². The first-order valence-electron chi connectivity index (χ1n) is 12.0. The van der Waals surface area contributed by atoms with Crippen molar-refractivity contribution in [1.82, 2.24) is 20.1 Å². The van der Waals surface area contributed by atoms with Crippen LogP contribution in [-0.2, 0) is 9.59 Å². The van der Waals surface area contributed by atoms with Gasteiger partial charge in [0.25, 0.3) is 5.91 Å². The summed E-state index contributed by atoms with van der Waals surface area (Å²) in [5.74, 6) is 0.688. The molecule has 0 unspecified atom stereocenters. The molecule has 1 spiro atoms. The number of para-hydroxylation sites is 1. The van der Waals surface area contributed by atoms with Gasteiger partial charge in [-0.2, -0.15) is 0 Å². The summed E-state index contributed by atoms with van der Waals surface area (Å²) in [5, 5.41) is 4.18. The minimum absolute atomic E-state index is 0.134. The van der Waals surface area contributed by atoms with Crippen LogP contribution in [0, 0.1) is 5.92 Å². The SMILES string of the molecule is CCC1CCC2(CC1)NC(=O)N(CC(=O)N1CCC(c3c[nH]c4ccccc34)CC1)C2=O. The van der Waals surface area contributed by atoms with Gasteiger partial charge in [0.15, 0.2) is 0 Å². The number of aromatic amines is 1. The Labute approximate surface area is 188 Å². The van der Waals surface area contributed by atoms with Crippen molar-refractivity contribution in [2.45, 2.75) is 63.3 Å². The highest BCUT2D eigenvalue weighted by Crippen LogP contribution is 2.38. The molecule has 170 valence electrons. The molecule has 0 radical (unpaired) electrons. The quantitative estimate of drug-likeness (QED) is 0.716. The molecule has 3 aliphatic rings. The van der Waals surface area contributed by atoms with E-state index in [1.165, 1.54) is 10.9 Å². The predicted octanol–water partition coefficient (Wildman–Crippen LogP) is 3.76. The third-order valence-corrected chi connectivity index (χ3v) is 7.98. The normalized spacial score (nSPS) is 26.8. The van der Waals surface area contributed by atoms with Crippen molar-refractivity contribution in [3.05, 3.63) is 36.0 Å². The molecule has 3 heterocycles. The first kappa shape index (κ1) is 21.0. The molecule has 2 saturated heterocycles. The van der Waals surface area contributed by atoms with E-state index < -0.39 is 11.6 Å². The molecule has 1 aromatic carbocycles. The molecule has 1 saturated carbocycles. The Kier molecular flexibility index (Phi) is 5.43. The van der Waals surface area contributed by atoms with Gasteiger partial charge in [0.2, 0.25) is 5.91 Å². The van der Waals surface area contributed by atoms with Gasteiger partial charge < -0.3 is 15.2 Å². The van der Waals surface area contributed by atoms with Crippen LogP contribution in [-0.4, -0.2) is 57.8 Å². The maximum Gasteiger partial charge on any atom is 0.325 e. The summed E-state index contributed by atoms with van der Waals surface area (Å²) in [6.07, 6.45) is 8.22. The number of benzene rings is 1. The number of hydrogen-bond acceptors (Lipinski definition) is 3. The van der Waals surface area contributed by atoms with Crippen molar-refractivity contribution in [3.8, 4) is 0 Å². The summed E-state index contributed by atoms with van der Waals surface area (Å²) in [4.78, 5) is 45.0. The molecule has 5 rings (SSSR count). The van der Waals surface area contributed by atoms with Gasteiger partial charge >= 0.3 is 6.03 Å². The minimum atomic E-state index is -0.786. The van der Waals surface area contributed by atoms with E-state index in [0.29, 0.717) is 37.8 Å². The molecule has 1 aromatic heterocycles. The Morgan fingerprint density at radius 2 is 1.81 bits per heavy atom. The zero-order valence-corrected chi connectivity index (χ0v) is 18.7. The fourth-order valence-electron chi connectivity index (χ4n) is 5.84. The first-order chi connectivity index (χ1) is 15.5. The largest absolute Gasteiger partial charge is 0.361 e. The van der Waals surface area contributed by atoms with Gasteiger partial charge in [-0.3, -0.25) is 14.5 Å². The molecule has 32 heavy (non-hydrogen) atoms. The number of likely N-dealkylation sites (tertiary alicyclic amines) is 1. The summed E-state index contributed by atoms with van der Waals surface area (Å²) in [6.45, 7) is 3.32. The fraction of sp³-hybridized carbons (Fsp3) is 0.560. The molecule has 7 nitrogen and oxygen atoms in total. The van der Waals surface area contributed by atoms with Crippen LogP contribution in [0.5, 0.6) is 0 Å². The van der Waals surface area contributed by atoms with E-state index in [-0.39, 0.29) is 18.4 Å². The second-order valence-corrected chi connectivity index (χ2v) is 9.70. The second-order valence-electron chi connectivity index (χ2n) is 9.70. The molecule has 2 aromatic rings.